The first kappa shape index (κ1) is 28.3. The van der Waals surface area contributed by atoms with Gasteiger partial charge in [-0.3, -0.25) is 4.79 Å². The molecule has 2 N–H and O–H groups in total. The lowest BCUT2D eigenvalue weighted by atomic mass is 9.91. The Morgan fingerprint density at radius 2 is 1.54 bits per heavy atom. The maximum absolute atomic E-state index is 10.9. The number of hydrogen-bond acceptors (Lipinski definition) is 5. The zero-order chi connectivity index (χ0) is 27.3. The van der Waals surface area contributed by atoms with Crippen molar-refractivity contribution in [1.29, 1.82) is 0 Å². The van der Waals surface area contributed by atoms with Gasteiger partial charge in [-0.15, -0.1) is 0 Å². The molecule has 0 spiro atoms. The zero-order valence-corrected chi connectivity index (χ0v) is 22.1. The molecule has 1 saturated carbocycles. The molecular weight excluding hydrogens is 490 g/mol. The summed E-state index contributed by atoms with van der Waals surface area (Å²) in [5, 5.41) is 23.9. The van der Waals surface area contributed by atoms with Gasteiger partial charge in [-0.2, -0.15) is 0 Å². The molecule has 0 radical (unpaired) electrons. The van der Waals surface area contributed by atoms with Crippen LogP contribution in [0.4, 0.5) is 0 Å². The van der Waals surface area contributed by atoms with E-state index in [4.69, 9.17) is 14.7 Å². The Kier molecular flexibility index (Phi) is 10.9. The smallest absolute Gasteiger partial charge is 0.303 e. The number of benzene rings is 3. The van der Waals surface area contributed by atoms with E-state index in [1.54, 1.807) is 6.21 Å². The van der Waals surface area contributed by atoms with E-state index < -0.39 is 12.1 Å². The third kappa shape index (κ3) is 8.91. The molecule has 0 aliphatic heterocycles. The van der Waals surface area contributed by atoms with Crippen LogP contribution in [0, 0.1) is 11.8 Å². The summed E-state index contributed by atoms with van der Waals surface area (Å²) in [5.41, 5.74) is 4.45. The van der Waals surface area contributed by atoms with Gasteiger partial charge >= 0.3 is 5.97 Å². The van der Waals surface area contributed by atoms with Crippen molar-refractivity contribution in [2.24, 2.45) is 17.0 Å². The molecule has 0 heterocycles. The van der Waals surface area contributed by atoms with Gasteiger partial charge in [0.2, 0.25) is 0 Å². The Hall–Kier alpha value is -3.74. The van der Waals surface area contributed by atoms with Crippen molar-refractivity contribution in [3.63, 3.8) is 0 Å². The summed E-state index contributed by atoms with van der Waals surface area (Å²) in [6, 6.07) is 28.5. The van der Waals surface area contributed by atoms with Crippen molar-refractivity contribution in [3.05, 3.63) is 108 Å². The number of hydrogen-bond donors (Lipinski definition) is 2. The molecule has 6 heteroatoms. The number of carbonyl (C=O) groups is 1. The summed E-state index contributed by atoms with van der Waals surface area (Å²) in [5.74, 6) is -0.947. The van der Waals surface area contributed by atoms with Crippen LogP contribution in [0.2, 0.25) is 0 Å². The van der Waals surface area contributed by atoms with E-state index in [0.29, 0.717) is 38.9 Å². The van der Waals surface area contributed by atoms with Crippen LogP contribution in [0.5, 0.6) is 0 Å². The van der Waals surface area contributed by atoms with Crippen LogP contribution in [-0.2, 0) is 27.6 Å². The second-order valence-corrected chi connectivity index (χ2v) is 9.96. The standard InChI is InChI=1S/C33H37NO5/c35-31-21-32(38-23-26-17-19-28(20-18-26)27-13-7-4-8-14-27)29(15-9-1-2-10-16-33(36)37)30(31)22-34-39-24-25-11-5-3-6-12-25/h1,3-9,11-14,17-20,22,29-32,35H,2,10,15-16,21,23-24H2,(H,36,37)/b9-1-,34-22?/t29-,30-,31-,32+/m1/s1. The number of aliphatic hydroxyl groups excluding tert-OH is 1. The number of carboxylic acid groups (broad SMARTS) is 1. The van der Waals surface area contributed by atoms with Crippen molar-refractivity contribution in [3.8, 4) is 11.1 Å². The van der Waals surface area contributed by atoms with Crippen molar-refractivity contribution < 1.29 is 24.6 Å². The minimum Gasteiger partial charge on any atom is -0.481 e. The molecule has 0 amide bonds. The fourth-order valence-corrected chi connectivity index (χ4v) is 4.98. The lowest BCUT2D eigenvalue weighted by Crippen LogP contribution is -2.24. The topological polar surface area (TPSA) is 88.4 Å². The predicted molar refractivity (Wildman–Crippen MR) is 153 cm³/mol. The monoisotopic (exact) mass is 527 g/mol. The predicted octanol–water partition coefficient (Wildman–Crippen LogP) is 6.64. The van der Waals surface area contributed by atoms with Crippen LogP contribution in [0.15, 0.2) is 102 Å². The average Bonchev–Trinajstić information content (AvgIpc) is 3.26. The maximum atomic E-state index is 10.9. The molecule has 1 aliphatic carbocycles. The van der Waals surface area contributed by atoms with E-state index in [1.807, 2.05) is 54.6 Å². The minimum absolute atomic E-state index is 0.0309. The van der Waals surface area contributed by atoms with E-state index in [2.05, 4.69) is 47.6 Å². The third-order valence-electron chi connectivity index (χ3n) is 7.13. The van der Waals surface area contributed by atoms with Crippen LogP contribution < -0.4 is 0 Å². The maximum Gasteiger partial charge on any atom is 0.303 e. The molecular formula is C33H37NO5. The van der Waals surface area contributed by atoms with E-state index in [-0.39, 0.29) is 24.4 Å². The first-order chi connectivity index (χ1) is 19.1. The molecule has 1 aliphatic rings. The number of oxime groups is 1. The van der Waals surface area contributed by atoms with E-state index in [9.17, 15) is 9.90 Å². The number of unbranched alkanes of at least 4 members (excludes halogenated alkanes) is 1. The highest BCUT2D eigenvalue weighted by molar-refractivity contribution is 5.66. The number of carboxylic acids is 1. The van der Waals surface area contributed by atoms with Gasteiger partial charge in [0.15, 0.2) is 0 Å². The van der Waals surface area contributed by atoms with Crippen molar-refractivity contribution in [2.45, 2.75) is 57.5 Å². The minimum atomic E-state index is -0.778. The van der Waals surface area contributed by atoms with Gasteiger partial charge in [-0.1, -0.05) is 102 Å². The van der Waals surface area contributed by atoms with Crippen LogP contribution in [0.1, 0.15) is 43.2 Å². The fraction of sp³-hybridized carbons (Fsp3) is 0.333. The largest absolute Gasteiger partial charge is 0.481 e. The number of ether oxygens (including phenoxy) is 1. The van der Waals surface area contributed by atoms with Gasteiger partial charge in [0.05, 0.1) is 18.8 Å². The Morgan fingerprint density at radius 3 is 2.26 bits per heavy atom. The second kappa shape index (κ2) is 15.0. The lowest BCUT2D eigenvalue weighted by Gasteiger charge is -2.22. The summed E-state index contributed by atoms with van der Waals surface area (Å²) in [4.78, 5) is 16.3. The highest BCUT2D eigenvalue weighted by Gasteiger charge is 2.41. The van der Waals surface area contributed by atoms with Gasteiger partial charge < -0.3 is 19.8 Å². The summed E-state index contributed by atoms with van der Waals surface area (Å²) >= 11 is 0. The average molecular weight is 528 g/mol. The summed E-state index contributed by atoms with van der Waals surface area (Å²) in [6.07, 6.45) is 7.80. The number of nitrogens with zero attached hydrogens (tertiary/aromatic N) is 1. The molecule has 0 bridgehead atoms. The molecule has 3 aromatic carbocycles. The molecule has 3 aromatic rings. The van der Waals surface area contributed by atoms with Gasteiger partial charge in [-0.25, -0.2) is 0 Å². The van der Waals surface area contributed by atoms with E-state index >= 15 is 0 Å². The van der Waals surface area contributed by atoms with Gasteiger partial charge in [0.25, 0.3) is 0 Å². The Bertz CT molecular complexity index is 1190. The second-order valence-electron chi connectivity index (χ2n) is 9.96. The van der Waals surface area contributed by atoms with Crippen LogP contribution >= 0.6 is 0 Å². The van der Waals surface area contributed by atoms with Crippen LogP contribution in [-0.4, -0.2) is 34.6 Å². The molecule has 39 heavy (non-hydrogen) atoms. The Balaban J connectivity index is 1.36. The van der Waals surface area contributed by atoms with Crippen LogP contribution in [0.25, 0.3) is 11.1 Å². The summed E-state index contributed by atoms with van der Waals surface area (Å²) in [7, 11) is 0. The first-order valence-corrected chi connectivity index (χ1v) is 13.6. The number of rotatable bonds is 14. The van der Waals surface area contributed by atoms with Gasteiger partial charge in [-0.05, 0) is 47.4 Å². The molecule has 1 fully saturated rings. The lowest BCUT2D eigenvalue weighted by molar-refractivity contribution is -0.137. The van der Waals surface area contributed by atoms with Crippen molar-refractivity contribution in [1.82, 2.24) is 0 Å². The van der Waals surface area contributed by atoms with Gasteiger partial charge in [0.1, 0.15) is 6.61 Å². The van der Waals surface area contributed by atoms with E-state index in [0.717, 1.165) is 16.7 Å². The molecule has 4 atom stereocenters. The fourth-order valence-electron chi connectivity index (χ4n) is 4.98. The number of aliphatic hydroxyl groups is 1. The Labute approximate surface area is 230 Å². The van der Waals surface area contributed by atoms with Crippen LogP contribution in [0.3, 0.4) is 0 Å². The quantitative estimate of drug-likeness (QED) is 0.106. The zero-order valence-electron chi connectivity index (χ0n) is 22.1. The Morgan fingerprint density at radius 1 is 0.872 bits per heavy atom. The highest BCUT2D eigenvalue weighted by Crippen LogP contribution is 2.37. The molecule has 0 saturated heterocycles. The highest BCUT2D eigenvalue weighted by atomic mass is 16.6. The van der Waals surface area contributed by atoms with Crippen molar-refractivity contribution >= 4 is 12.2 Å². The third-order valence-corrected chi connectivity index (χ3v) is 7.13. The van der Waals surface area contributed by atoms with Gasteiger partial charge in [0, 0.05) is 25.0 Å². The SMILES string of the molecule is O=C(O)CCC/C=C\C[C@@H]1[C@@H](C=NOCc2ccccc2)[C@H](O)C[C@@H]1OCc1ccc(-c2ccccc2)cc1. The number of allylic oxidation sites excluding steroid dienone is 2. The molecule has 204 valence electrons. The van der Waals surface area contributed by atoms with Crippen molar-refractivity contribution in [2.75, 3.05) is 0 Å². The normalized spacial score (nSPS) is 21.1. The molecule has 0 unspecified atom stereocenters. The summed E-state index contributed by atoms with van der Waals surface area (Å²) in [6.45, 7) is 0.826. The van der Waals surface area contributed by atoms with E-state index in [1.165, 1.54) is 5.56 Å². The first-order valence-electron chi connectivity index (χ1n) is 13.6. The molecule has 4 rings (SSSR count). The molecule has 0 aromatic heterocycles. The summed E-state index contributed by atoms with van der Waals surface area (Å²) < 4.78 is 6.36. The molecule has 6 nitrogen and oxygen atoms in total. The number of aliphatic carboxylic acids is 1.